The van der Waals surface area contributed by atoms with Crippen molar-refractivity contribution in [2.45, 2.75) is 105 Å². The third-order valence-electron chi connectivity index (χ3n) is 6.53. The quantitative estimate of drug-likeness (QED) is 0.388. The molecule has 3 unspecified atom stereocenters. The van der Waals surface area contributed by atoms with Gasteiger partial charge in [-0.3, -0.25) is 14.4 Å². The predicted molar refractivity (Wildman–Crippen MR) is 145 cm³/mol. The lowest BCUT2D eigenvalue weighted by atomic mass is 9.93. The van der Waals surface area contributed by atoms with Gasteiger partial charge in [0.25, 0.3) is 0 Å². The van der Waals surface area contributed by atoms with Crippen molar-refractivity contribution in [1.82, 2.24) is 15.5 Å². The summed E-state index contributed by atoms with van der Waals surface area (Å²) in [5.41, 5.74) is 1.92. The highest BCUT2D eigenvalue weighted by molar-refractivity contribution is 5.93. The molecule has 0 saturated heterocycles. The fourth-order valence-corrected chi connectivity index (χ4v) is 4.32. The number of benzene rings is 1. The summed E-state index contributed by atoms with van der Waals surface area (Å²) in [6.45, 7) is 15.1. The van der Waals surface area contributed by atoms with Crippen molar-refractivity contribution in [1.29, 1.82) is 0 Å². The molecule has 9 heteroatoms. The maximum Gasteiger partial charge on any atom is 0.408 e. The summed E-state index contributed by atoms with van der Waals surface area (Å²) in [6, 6.07) is 3.87. The maximum atomic E-state index is 14.2. The third-order valence-corrected chi connectivity index (χ3v) is 6.53. The van der Waals surface area contributed by atoms with Crippen LogP contribution in [0.2, 0.25) is 0 Å². The van der Waals surface area contributed by atoms with Crippen LogP contribution in [-0.2, 0) is 23.9 Å². The van der Waals surface area contributed by atoms with E-state index in [1.807, 2.05) is 45.9 Å². The molecule has 0 spiro atoms. The number of carbonyl (C=O) groups is 4. The minimum Gasteiger partial charge on any atom is -0.466 e. The van der Waals surface area contributed by atoms with Crippen LogP contribution in [0.1, 0.15) is 90.0 Å². The van der Waals surface area contributed by atoms with Crippen LogP contribution in [0, 0.1) is 19.8 Å². The standard InChI is InChI=1S/C29H45N3O6/c1-9-19(4)24(31-28(36)38-29(6,7)8)27(35)32(21-12-13-21)25(22-14-11-18(3)17-20(22)5)26(34)30-16-15-23(33)37-10-2/h11,14,17,19,21,24-25H,9-10,12-13,15-16H2,1-8H3,(H,30,34)(H,31,36). The Labute approximate surface area is 227 Å². The van der Waals surface area contributed by atoms with E-state index in [-0.39, 0.29) is 43.3 Å². The molecule has 0 aromatic heterocycles. The highest BCUT2D eigenvalue weighted by Gasteiger charge is 2.45. The highest BCUT2D eigenvalue weighted by Crippen LogP contribution is 2.37. The summed E-state index contributed by atoms with van der Waals surface area (Å²) >= 11 is 0. The molecule has 3 atom stereocenters. The van der Waals surface area contributed by atoms with Crippen LogP contribution in [-0.4, -0.2) is 59.6 Å². The Kier molecular flexibility index (Phi) is 11.2. The molecule has 0 aliphatic heterocycles. The van der Waals surface area contributed by atoms with Crippen LogP contribution in [0.4, 0.5) is 4.79 Å². The third kappa shape index (κ3) is 9.03. The second-order valence-corrected chi connectivity index (χ2v) is 11.1. The number of hydrogen-bond donors (Lipinski definition) is 2. The summed E-state index contributed by atoms with van der Waals surface area (Å²) in [5.74, 6) is -1.29. The topological polar surface area (TPSA) is 114 Å². The number of alkyl carbamates (subject to hydrolysis) is 1. The molecule has 1 aliphatic carbocycles. The largest absolute Gasteiger partial charge is 0.466 e. The van der Waals surface area contributed by atoms with E-state index in [2.05, 4.69) is 10.6 Å². The summed E-state index contributed by atoms with van der Waals surface area (Å²) in [5, 5.41) is 5.62. The SMILES string of the molecule is CCOC(=O)CCNC(=O)C(c1ccc(C)cc1C)N(C(=O)C(NC(=O)OC(C)(C)C)C(C)CC)C1CC1. The Balaban J connectivity index is 2.44. The van der Waals surface area contributed by atoms with Crippen LogP contribution in [0.5, 0.6) is 0 Å². The first kappa shape index (κ1) is 31.1. The average molecular weight is 532 g/mol. The number of aryl methyl sites for hydroxylation is 2. The lowest BCUT2D eigenvalue weighted by Gasteiger charge is -2.36. The number of nitrogens with one attached hydrogen (secondary N) is 2. The van der Waals surface area contributed by atoms with Crippen LogP contribution < -0.4 is 10.6 Å². The fraction of sp³-hybridized carbons (Fsp3) is 0.655. The normalized spacial score (nSPS) is 15.6. The van der Waals surface area contributed by atoms with Gasteiger partial charge in [0.1, 0.15) is 17.7 Å². The van der Waals surface area contributed by atoms with Gasteiger partial charge in [-0.2, -0.15) is 0 Å². The van der Waals surface area contributed by atoms with Gasteiger partial charge in [0, 0.05) is 12.6 Å². The fourth-order valence-electron chi connectivity index (χ4n) is 4.32. The van der Waals surface area contributed by atoms with Crippen molar-refractivity contribution in [2.75, 3.05) is 13.2 Å². The Bertz CT molecular complexity index is 999. The molecule has 0 radical (unpaired) electrons. The number of hydrogen-bond acceptors (Lipinski definition) is 6. The summed E-state index contributed by atoms with van der Waals surface area (Å²) in [6.07, 6.45) is 1.54. The monoisotopic (exact) mass is 531 g/mol. The summed E-state index contributed by atoms with van der Waals surface area (Å²) in [4.78, 5) is 54.0. The van der Waals surface area contributed by atoms with Crippen molar-refractivity contribution < 1.29 is 28.7 Å². The Morgan fingerprint density at radius 3 is 2.29 bits per heavy atom. The molecular weight excluding hydrogens is 486 g/mol. The molecule has 9 nitrogen and oxygen atoms in total. The van der Waals surface area contributed by atoms with Gasteiger partial charge in [-0.25, -0.2) is 4.79 Å². The van der Waals surface area contributed by atoms with E-state index in [1.165, 1.54) is 0 Å². The number of amides is 3. The summed E-state index contributed by atoms with van der Waals surface area (Å²) < 4.78 is 10.4. The Hall–Kier alpha value is -3.10. The zero-order chi connectivity index (χ0) is 28.6. The molecule has 38 heavy (non-hydrogen) atoms. The zero-order valence-corrected chi connectivity index (χ0v) is 24.2. The van der Waals surface area contributed by atoms with E-state index >= 15 is 0 Å². The van der Waals surface area contributed by atoms with E-state index in [1.54, 1.807) is 32.6 Å². The van der Waals surface area contributed by atoms with Gasteiger partial charge < -0.3 is 25.0 Å². The molecule has 1 saturated carbocycles. The lowest BCUT2D eigenvalue weighted by Crippen LogP contribution is -2.56. The molecule has 1 aliphatic rings. The maximum absolute atomic E-state index is 14.2. The molecule has 1 fully saturated rings. The van der Waals surface area contributed by atoms with Gasteiger partial charge in [0.15, 0.2) is 0 Å². The van der Waals surface area contributed by atoms with Gasteiger partial charge in [-0.15, -0.1) is 0 Å². The predicted octanol–water partition coefficient (Wildman–Crippen LogP) is 4.34. The molecule has 2 rings (SSSR count). The second kappa shape index (κ2) is 13.6. The zero-order valence-electron chi connectivity index (χ0n) is 24.2. The van der Waals surface area contributed by atoms with Crippen LogP contribution in [0.15, 0.2) is 18.2 Å². The molecule has 1 aromatic rings. The van der Waals surface area contributed by atoms with Crippen molar-refractivity contribution in [3.8, 4) is 0 Å². The van der Waals surface area contributed by atoms with Gasteiger partial charge in [-0.05, 0) is 71.4 Å². The number of esters is 1. The van der Waals surface area contributed by atoms with E-state index in [0.29, 0.717) is 12.0 Å². The van der Waals surface area contributed by atoms with E-state index in [0.717, 1.165) is 24.0 Å². The van der Waals surface area contributed by atoms with Crippen molar-refractivity contribution in [3.63, 3.8) is 0 Å². The number of nitrogens with zero attached hydrogens (tertiary/aromatic N) is 1. The van der Waals surface area contributed by atoms with E-state index in [9.17, 15) is 19.2 Å². The molecular formula is C29H45N3O6. The number of rotatable bonds is 12. The highest BCUT2D eigenvalue weighted by atomic mass is 16.6. The first-order valence-corrected chi connectivity index (χ1v) is 13.6. The van der Waals surface area contributed by atoms with Gasteiger partial charge in [0.05, 0.1) is 13.0 Å². The first-order valence-electron chi connectivity index (χ1n) is 13.6. The van der Waals surface area contributed by atoms with Gasteiger partial charge >= 0.3 is 12.1 Å². The van der Waals surface area contributed by atoms with Crippen molar-refractivity contribution in [3.05, 3.63) is 34.9 Å². The molecule has 2 N–H and O–H groups in total. The summed E-state index contributed by atoms with van der Waals surface area (Å²) in [7, 11) is 0. The molecule has 212 valence electrons. The Morgan fingerprint density at radius 1 is 1.11 bits per heavy atom. The number of carbonyl (C=O) groups excluding carboxylic acids is 4. The van der Waals surface area contributed by atoms with Crippen LogP contribution in [0.3, 0.4) is 0 Å². The minimum absolute atomic E-state index is 0.0340. The van der Waals surface area contributed by atoms with E-state index in [4.69, 9.17) is 9.47 Å². The molecule has 1 aromatic carbocycles. The first-order chi connectivity index (χ1) is 17.8. The Morgan fingerprint density at radius 2 is 1.76 bits per heavy atom. The average Bonchev–Trinajstić information content (AvgIpc) is 3.64. The van der Waals surface area contributed by atoms with Gasteiger partial charge in [-0.1, -0.05) is 44.0 Å². The van der Waals surface area contributed by atoms with Gasteiger partial charge in [0.2, 0.25) is 11.8 Å². The smallest absolute Gasteiger partial charge is 0.408 e. The number of ether oxygens (including phenoxy) is 2. The second-order valence-electron chi connectivity index (χ2n) is 11.1. The van der Waals surface area contributed by atoms with Crippen molar-refractivity contribution >= 4 is 23.9 Å². The van der Waals surface area contributed by atoms with Crippen molar-refractivity contribution in [2.24, 2.45) is 5.92 Å². The molecule has 0 bridgehead atoms. The van der Waals surface area contributed by atoms with Crippen LogP contribution in [0.25, 0.3) is 0 Å². The minimum atomic E-state index is -0.912. The van der Waals surface area contributed by atoms with E-state index < -0.39 is 29.7 Å². The molecule has 0 heterocycles. The van der Waals surface area contributed by atoms with Crippen LogP contribution >= 0.6 is 0 Å². The lowest BCUT2D eigenvalue weighted by molar-refractivity contribution is -0.145. The molecule has 3 amide bonds.